The largest absolute Gasteiger partial charge is 0.456 e. The second-order valence-electron chi connectivity index (χ2n) is 5.48. The van der Waals surface area contributed by atoms with Crippen LogP contribution in [0.15, 0.2) is 17.1 Å². The standard InChI is InChI=1S/C16H19F5N2O2/c1-5-23(4)9-22-13-7-6-12(10(2)11(13)3)14(24)25-8-15(17,18)16(19,20)21/h6-7,9H,5,8H2,1-4H3/b22-9+. The van der Waals surface area contributed by atoms with Crippen molar-refractivity contribution in [2.45, 2.75) is 32.9 Å². The van der Waals surface area contributed by atoms with Gasteiger partial charge in [0.2, 0.25) is 0 Å². The van der Waals surface area contributed by atoms with E-state index in [0.29, 0.717) is 16.8 Å². The average Bonchev–Trinajstić information content (AvgIpc) is 2.52. The number of halogens is 5. The summed E-state index contributed by atoms with van der Waals surface area (Å²) in [5.41, 5.74) is 1.46. The monoisotopic (exact) mass is 366 g/mol. The van der Waals surface area contributed by atoms with E-state index in [1.165, 1.54) is 19.1 Å². The fourth-order valence-corrected chi connectivity index (χ4v) is 1.73. The van der Waals surface area contributed by atoms with E-state index in [0.717, 1.165) is 6.54 Å². The lowest BCUT2D eigenvalue weighted by atomic mass is 10.0. The molecule has 0 radical (unpaired) electrons. The van der Waals surface area contributed by atoms with E-state index in [9.17, 15) is 26.7 Å². The smallest absolute Gasteiger partial charge is 0.455 e. The maximum Gasteiger partial charge on any atom is 0.456 e. The van der Waals surface area contributed by atoms with Gasteiger partial charge in [0.1, 0.15) is 0 Å². The first-order valence-electron chi connectivity index (χ1n) is 7.37. The molecule has 0 aliphatic rings. The van der Waals surface area contributed by atoms with Crippen molar-refractivity contribution in [3.05, 3.63) is 28.8 Å². The molecule has 0 heterocycles. The van der Waals surface area contributed by atoms with Crippen LogP contribution in [-0.2, 0) is 4.74 Å². The molecule has 25 heavy (non-hydrogen) atoms. The van der Waals surface area contributed by atoms with Crippen molar-refractivity contribution in [2.24, 2.45) is 4.99 Å². The summed E-state index contributed by atoms with van der Waals surface area (Å²) in [7, 11) is 1.82. The van der Waals surface area contributed by atoms with Crippen LogP contribution in [0.2, 0.25) is 0 Å². The van der Waals surface area contributed by atoms with Crippen LogP contribution < -0.4 is 0 Å². The minimum Gasteiger partial charge on any atom is -0.455 e. The zero-order chi connectivity index (χ0) is 19.4. The minimum absolute atomic E-state index is 0.0849. The fraction of sp³-hybridized carbons (Fsp3) is 0.500. The molecule has 0 N–H and O–H groups in total. The van der Waals surface area contributed by atoms with Gasteiger partial charge >= 0.3 is 18.1 Å². The SMILES string of the molecule is CCN(C)/C=N/c1ccc(C(=O)OCC(F)(F)C(F)(F)F)c(C)c1C. The van der Waals surface area contributed by atoms with Gasteiger partial charge < -0.3 is 9.64 Å². The third-order valence-corrected chi connectivity index (χ3v) is 3.67. The number of hydrogen-bond acceptors (Lipinski definition) is 3. The molecular formula is C16H19F5N2O2. The number of benzene rings is 1. The highest BCUT2D eigenvalue weighted by Gasteiger charge is 2.58. The number of carbonyl (C=O) groups excluding carboxylic acids is 1. The van der Waals surface area contributed by atoms with Gasteiger partial charge in [0.15, 0.2) is 6.61 Å². The molecule has 1 aromatic rings. The molecule has 140 valence electrons. The molecule has 0 bridgehead atoms. The average molecular weight is 366 g/mol. The first-order chi connectivity index (χ1) is 11.4. The van der Waals surface area contributed by atoms with Gasteiger partial charge in [-0.2, -0.15) is 22.0 Å². The first-order valence-corrected chi connectivity index (χ1v) is 7.37. The van der Waals surface area contributed by atoms with Gasteiger partial charge in [0, 0.05) is 13.6 Å². The number of ether oxygens (including phenoxy) is 1. The Balaban J connectivity index is 2.95. The molecular weight excluding hydrogens is 347 g/mol. The summed E-state index contributed by atoms with van der Waals surface area (Å²) in [5, 5.41) is 0. The summed E-state index contributed by atoms with van der Waals surface area (Å²) in [5.74, 6) is -6.34. The van der Waals surface area contributed by atoms with Crippen LogP contribution in [0.1, 0.15) is 28.4 Å². The van der Waals surface area contributed by atoms with E-state index in [4.69, 9.17) is 0 Å². The molecule has 0 amide bonds. The third-order valence-electron chi connectivity index (χ3n) is 3.67. The molecule has 0 saturated carbocycles. The minimum atomic E-state index is -5.78. The lowest BCUT2D eigenvalue weighted by Gasteiger charge is -2.19. The summed E-state index contributed by atoms with van der Waals surface area (Å²) in [6, 6.07) is 2.76. The summed E-state index contributed by atoms with van der Waals surface area (Å²) in [4.78, 5) is 17.9. The molecule has 0 aliphatic heterocycles. The molecule has 9 heteroatoms. The number of nitrogens with zero attached hydrogens (tertiary/aromatic N) is 2. The van der Waals surface area contributed by atoms with E-state index < -0.39 is 24.7 Å². The van der Waals surface area contributed by atoms with Crippen LogP contribution in [0.5, 0.6) is 0 Å². The molecule has 4 nitrogen and oxygen atoms in total. The highest BCUT2D eigenvalue weighted by atomic mass is 19.4. The fourth-order valence-electron chi connectivity index (χ4n) is 1.73. The van der Waals surface area contributed by atoms with Crippen molar-refractivity contribution >= 4 is 18.0 Å². The molecule has 0 aliphatic carbocycles. The number of aliphatic imine (C=N–C) groups is 1. The Bertz CT molecular complexity index is 657. The van der Waals surface area contributed by atoms with Crippen molar-refractivity contribution in [2.75, 3.05) is 20.2 Å². The third kappa shape index (κ3) is 5.14. The van der Waals surface area contributed by atoms with Gasteiger partial charge in [0.05, 0.1) is 17.6 Å². The summed E-state index contributed by atoms with van der Waals surface area (Å²) >= 11 is 0. The number of alkyl halides is 5. The maximum atomic E-state index is 12.8. The van der Waals surface area contributed by atoms with Gasteiger partial charge in [-0.25, -0.2) is 9.79 Å². The van der Waals surface area contributed by atoms with Crippen LogP contribution in [0.3, 0.4) is 0 Å². The number of rotatable bonds is 6. The molecule has 0 spiro atoms. The van der Waals surface area contributed by atoms with Crippen molar-refractivity contribution < 1.29 is 31.5 Å². The number of esters is 1. The van der Waals surface area contributed by atoms with Gasteiger partial charge in [-0.3, -0.25) is 0 Å². The number of carbonyl (C=O) groups is 1. The van der Waals surface area contributed by atoms with Crippen LogP contribution in [-0.4, -0.2) is 49.5 Å². The Morgan fingerprint density at radius 2 is 1.80 bits per heavy atom. The van der Waals surface area contributed by atoms with E-state index >= 15 is 0 Å². The maximum absolute atomic E-state index is 12.8. The highest BCUT2D eigenvalue weighted by molar-refractivity contribution is 5.92. The molecule has 0 aromatic heterocycles. The normalized spacial score (nSPS) is 12.5. The zero-order valence-electron chi connectivity index (χ0n) is 14.2. The van der Waals surface area contributed by atoms with Crippen LogP contribution in [0.4, 0.5) is 27.6 Å². The van der Waals surface area contributed by atoms with Gasteiger partial charge in [0.25, 0.3) is 0 Å². The summed E-state index contributed by atoms with van der Waals surface area (Å²) in [6.07, 6.45) is -4.19. The zero-order valence-corrected chi connectivity index (χ0v) is 14.2. The van der Waals surface area contributed by atoms with Crippen molar-refractivity contribution in [3.63, 3.8) is 0 Å². The lowest BCUT2D eigenvalue weighted by molar-refractivity contribution is -0.292. The Morgan fingerprint density at radius 3 is 2.32 bits per heavy atom. The lowest BCUT2D eigenvalue weighted by Crippen LogP contribution is -2.41. The predicted octanol–water partition coefficient (Wildman–Crippen LogP) is 4.27. The molecule has 0 fully saturated rings. The Morgan fingerprint density at radius 1 is 1.20 bits per heavy atom. The second-order valence-corrected chi connectivity index (χ2v) is 5.48. The van der Waals surface area contributed by atoms with Crippen LogP contribution in [0.25, 0.3) is 0 Å². The Hall–Kier alpha value is -2.19. The first kappa shape index (κ1) is 20.9. The van der Waals surface area contributed by atoms with Crippen LogP contribution >= 0.6 is 0 Å². The van der Waals surface area contributed by atoms with Crippen molar-refractivity contribution in [3.8, 4) is 0 Å². The van der Waals surface area contributed by atoms with Crippen molar-refractivity contribution in [1.29, 1.82) is 0 Å². The van der Waals surface area contributed by atoms with E-state index in [1.54, 1.807) is 13.3 Å². The highest BCUT2D eigenvalue weighted by Crippen LogP contribution is 2.35. The Kier molecular flexibility index (Phi) is 6.50. The molecule has 0 atom stereocenters. The number of hydrogen-bond donors (Lipinski definition) is 0. The van der Waals surface area contributed by atoms with Gasteiger partial charge in [-0.05, 0) is 44.0 Å². The second kappa shape index (κ2) is 7.79. The van der Waals surface area contributed by atoms with Gasteiger partial charge in [-0.1, -0.05) is 0 Å². The molecule has 0 unspecified atom stereocenters. The quantitative estimate of drug-likeness (QED) is 0.327. The van der Waals surface area contributed by atoms with Gasteiger partial charge in [-0.15, -0.1) is 0 Å². The van der Waals surface area contributed by atoms with E-state index in [1.807, 2.05) is 18.9 Å². The van der Waals surface area contributed by atoms with Crippen molar-refractivity contribution in [1.82, 2.24) is 4.90 Å². The van der Waals surface area contributed by atoms with E-state index in [2.05, 4.69) is 9.73 Å². The topological polar surface area (TPSA) is 41.9 Å². The van der Waals surface area contributed by atoms with Crippen LogP contribution in [0, 0.1) is 13.8 Å². The summed E-state index contributed by atoms with van der Waals surface area (Å²) < 4.78 is 66.1. The van der Waals surface area contributed by atoms with E-state index in [-0.39, 0.29) is 5.56 Å². The Labute approximate surface area is 142 Å². The molecule has 1 rings (SSSR count). The predicted molar refractivity (Wildman–Crippen MR) is 83.7 cm³/mol. The molecule has 1 aromatic carbocycles. The molecule has 0 saturated heterocycles. The summed E-state index contributed by atoms with van der Waals surface area (Å²) in [6.45, 7) is 3.81.